The number of anilines is 1. The Morgan fingerprint density at radius 1 is 1.38 bits per heavy atom. The van der Waals surface area contributed by atoms with Crippen LogP contribution in [0.5, 0.6) is 0 Å². The topological polar surface area (TPSA) is 101 Å². The first kappa shape index (κ1) is 14.9. The lowest BCUT2D eigenvalue weighted by Gasteiger charge is -2.10. The predicted molar refractivity (Wildman–Crippen MR) is 78.8 cm³/mol. The van der Waals surface area contributed by atoms with Gasteiger partial charge in [-0.3, -0.25) is 4.79 Å². The molecule has 0 unspecified atom stereocenters. The fourth-order valence-corrected chi connectivity index (χ4v) is 1.95. The summed E-state index contributed by atoms with van der Waals surface area (Å²) >= 11 is 3.25. The van der Waals surface area contributed by atoms with Crippen LogP contribution in [0.1, 0.15) is 16.1 Å². The molecule has 0 atom stereocenters. The molecular weight excluding hydrogens is 343 g/mol. The molecule has 0 radical (unpaired) electrons. The van der Waals surface area contributed by atoms with Gasteiger partial charge in [-0.15, -0.1) is 0 Å². The molecule has 0 spiro atoms. The number of amides is 1. The van der Waals surface area contributed by atoms with Crippen molar-refractivity contribution in [2.45, 2.75) is 0 Å². The SMILES string of the molecule is N/C(=N/O)c1cc(Br)ccc1NC(=O)c1ccc(F)cn1. The van der Waals surface area contributed by atoms with Crippen LogP contribution in [0, 0.1) is 5.82 Å². The molecule has 6 nitrogen and oxygen atoms in total. The van der Waals surface area contributed by atoms with Crippen molar-refractivity contribution in [1.82, 2.24) is 4.98 Å². The van der Waals surface area contributed by atoms with Crippen LogP contribution in [0.15, 0.2) is 46.2 Å². The standard InChI is InChI=1S/C13H10BrFN4O2/c14-7-1-3-10(9(5-7)12(16)19-21)18-13(20)11-4-2-8(15)6-17-11/h1-6,21H,(H2,16,19)(H,18,20). The molecule has 4 N–H and O–H groups in total. The van der Waals surface area contributed by atoms with E-state index in [0.29, 0.717) is 15.7 Å². The van der Waals surface area contributed by atoms with E-state index in [4.69, 9.17) is 10.9 Å². The molecule has 0 bridgehead atoms. The summed E-state index contributed by atoms with van der Waals surface area (Å²) in [5.74, 6) is -1.23. The number of nitrogens with one attached hydrogen (secondary N) is 1. The highest BCUT2D eigenvalue weighted by molar-refractivity contribution is 9.10. The molecule has 0 saturated carbocycles. The van der Waals surface area contributed by atoms with Gasteiger partial charge in [0.1, 0.15) is 11.5 Å². The molecule has 0 fully saturated rings. The van der Waals surface area contributed by atoms with Crippen molar-refractivity contribution in [2.75, 3.05) is 5.32 Å². The van der Waals surface area contributed by atoms with E-state index in [9.17, 15) is 9.18 Å². The average molecular weight is 353 g/mol. The van der Waals surface area contributed by atoms with E-state index in [1.54, 1.807) is 18.2 Å². The summed E-state index contributed by atoms with van der Waals surface area (Å²) in [5.41, 5.74) is 6.28. The normalized spacial score (nSPS) is 11.2. The van der Waals surface area contributed by atoms with Gasteiger partial charge in [-0.05, 0) is 30.3 Å². The number of nitrogens with two attached hydrogens (primary N) is 1. The number of amidine groups is 1. The lowest BCUT2D eigenvalue weighted by Crippen LogP contribution is -2.19. The Hall–Kier alpha value is -2.48. The van der Waals surface area contributed by atoms with Crippen LogP contribution in [0.25, 0.3) is 0 Å². The highest BCUT2D eigenvalue weighted by Gasteiger charge is 2.13. The van der Waals surface area contributed by atoms with Crippen LogP contribution in [0.4, 0.5) is 10.1 Å². The predicted octanol–water partition coefficient (Wildman–Crippen LogP) is 2.33. The Bertz CT molecular complexity index is 704. The summed E-state index contributed by atoms with van der Waals surface area (Å²) in [6.45, 7) is 0. The second-order valence-corrected chi connectivity index (χ2v) is 4.91. The van der Waals surface area contributed by atoms with Crippen molar-refractivity contribution < 1.29 is 14.4 Å². The van der Waals surface area contributed by atoms with Gasteiger partial charge in [-0.25, -0.2) is 9.37 Å². The Balaban J connectivity index is 2.31. The number of carbonyl (C=O) groups is 1. The summed E-state index contributed by atoms with van der Waals surface area (Å²) in [6.07, 6.45) is 0.945. The largest absolute Gasteiger partial charge is 0.409 e. The van der Waals surface area contributed by atoms with Crippen molar-refractivity contribution in [1.29, 1.82) is 0 Å². The zero-order chi connectivity index (χ0) is 15.4. The van der Waals surface area contributed by atoms with Gasteiger partial charge in [0.15, 0.2) is 5.84 Å². The fraction of sp³-hybridized carbons (Fsp3) is 0. The van der Waals surface area contributed by atoms with Gasteiger partial charge in [-0.1, -0.05) is 21.1 Å². The molecule has 0 saturated heterocycles. The summed E-state index contributed by atoms with van der Waals surface area (Å²) in [6, 6.07) is 7.24. The zero-order valence-corrected chi connectivity index (χ0v) is 12.1. The van der Waals surface area contributed by atoms with Crippen molar-refractivity contribution in [3.05, 3.63) is 58.1 Å². The van der Waals surface area contributed by atoms with Crippen molar-refractivity contribution in [3.8, 4) is 0 Å². The molecular formula is C13H10BrFN4O2. The van der Waals surface area contributed by atoms with Crippen LogP contribution < -0.4 is 11.1 Å². The quantitative estimate of drug-likeness (QED) is 0.341. The van der Waals surface area contributed by atoms with E-state index in [1.165, 1.54) is 6.07 Å². The average Bonchev–Trinajstić information content (AvgIpc) is 2.48. The van der Waals surface area contributed by atoms with Gasteiger partial charge in [-0.2, -0.15) is 0 Å². The second-order valence-electron chi connectivity index (χ2n) is 3.99. The second kappa shape index (κ2) is 6.31. The number of halogens is 2. The highest BCUT2D eigenvalue weighted by Crippen LogP contribution is 2.21. The minimum absolute atomic E-state index is 0.0461. The first-order chi connectivity index (χ1) is 10.0. The minimum atomic E-state index is -0.538. The van der Waals surface area contributed by atoms with E-state index in [1.807, 2.05) is 0 Å². The zero-order valence-electron chi connectivity index (χ0n) is 10.5. The Morgan fingerprint density at radius 2 is 2.14 bits per heavy atom. The third-order valence-corrected chi connectivity index (χ3v) is 3.07. The number of hydrogen-bond acceptors (Lipinski definition) is 4. The van der Waals surface area contributed by atoms with E-state index in [2.05, 4.69) is 31.4 Å². The molecule has 0 aliphatic rings. The minimum Gasteiger partial charge on any atom is -0.409 e. The number of pyridine rings is 1. The summed E-state index contributed by atoms with van der Waals surface area (Å²) < 4.78 is 13.5. The molecule has 108 valence electrons. The van der Waals surface area contributed by atoms with Crippen molar-refractivity contribution in [2.24, 2.45) is 10.9 Å². The number of benzene rings is 1. The molecule has 8 heteroatoms. The van der Waals surface area contributed by atoms with Crippen molar-refractivity contribution in [3.63, 3.8) is 0 Å². The number of hydrogen-bond donors (Lipinski definition) is 3. The maximum atomic E-state index is 12.8. The van der Waals surface area contributed by atoms with E-state index >= 15 is 0 Å². The smallest absolute Gasteiger partial charge is 0.274 e. The Kier molecular flexibility index (Phi) is 4.49. The molecule has 2 rings (SSSR count). The van der Waals surface area contributed by atoms with Crippen LogP contribution in [-0.2, 0) is 0 Å². The molecule has 2 aromatic rings. The number of rotatable bonds is 3. The van der Waals surface area contributed by atoms with Gasteiger partial charge in [0.05, 0.1) is 11.9 Å². The van der Waals surface area contributed by atoms with Crippen molar-refractivity contribution >= 4 is 33.4 Å². The molecule has 0 aliphatic carbocycles. The Labute approximate surface area is 127 Å². The van der Waals surface area contributed by atoms with E-state index in [-0.39, 0.29) is 11.5 Å². The molecule has 21 heavy (non-hydrogen) atoms. The maximum absolute atomic E-state index is 12.8. The summed E-state index contributed by atoms with van der Waals surface area (Å²) in [5, 5.41) is 14.2. The van der Waals surface area contributed by atoms with Gasteiger partial charge < -0.3 is 16.3 Å². The van der Waals surface area contributed by atoms with Crippen LogP contribution in [0.3, 0.4) is 0 Å². The number of carbonyl (C=O) groups excluding carboxylic acids is 1. The Morgan fingerprint density at radius 3 is 2.76 bits per heavy atom. The number of aromatic nitrogens is 1. The number of oxime groups is 1. The third-order valence-electron chi connectivity index (χ3n) is 2.57. The van der Waals surface area contributed by atoms with Gasteiger partial charge in [0.2, 0.25) is 0 Å². The lowest BCUT2D eigenvalue weighted by molar-refractivity contribution is 0.102. The van der Waals surface area contributed by atoms with Gasteiger partial charge >= 0.3 is 0 Å². The molecule has 0 aliphatic heterocycles. The van der Waals surface area contributed by atoms with Crippen LogP contribution in [-0.4, -0.2) is 21.9 Å². The van der Waals surface area contributed by atoms with Crippen LogP contribution in [0.2, 0.25) is 0 Å². The van der Waals surface area contributed by atoms with Gasteiger partial charge in [0, 0.05) is 10.0 Å². The van der Waals surface area contributed by atoms with Gasteiger partial charge in [0.25, 0.3) is 5.91 Å². The van der Waals surface area contributed by atoms with Crippen LogP contribution >= 0.6 is 15.9 Å². The first-order valence-corrected chi connectivity index (χ1v) is 6.51. The maximum Gasteiger partial charge on any atom is 0.274 e. The lowest BCUT2D eigenvalue weighted by atomic mass is 10.1. The molecule has 1 amide bonds. The highest BCUT2D eigenvalue weighted by atomic mass is 79.9. The molecule has 1 aromatic carbocycles. The van der Waals surface area contributed by atoms with E-state index in [0.717, 1.165) is 12.3 Å². The summed E-state index contributed by atoms with van der Waals surface area (Å²) in [7, 11) is 0. The van der Waals surface area contributed by atoms with E-state index < -0.39 is 11.7 Å². The molecule has 1 heterocycles. The third kappa shape index (κ3) is 3.54. The summed E-state index contributed by atoms with van der Waals surface area (Å²) in [4.78, 5) is 15.7. The fourth-order valence-electron chi connectivity index (χ4n) is 1.59. The molecule has 1 aromatic heterocycles. The first-order valence-electron chi connectivity index (χ1n) is 5.71. The number of nitrogens with zero attached hydrogens (tertiary/aromatic N) is 2. The monoisotopic (exact) mass is 352 g/mol.